The predicted molar refractivity (Wildman–Crippen MR) is 44.0 cm³/mol. The Morgan fingerprint density at radius 2 is 2.15 bits per heavy atom. The van der Waals surface area contributed by atoms with Crippen LogP contribution < -0.4 is 0 Å². The molecule has 0 aromatic heterocycles. The third kappa shape index (κ3) is 2.19. The molecule has 2 aliphatic rings. The first-order valence-corrected chi connectivity index (χ1v) is 4.80. The molecular weight excluding hydrogens is 172 g/mol. The first-order chi connectivity index (χ1) is 6.36. The molecule has 74 valence electrons. The fourth-order valence-electron chi connectivity index (χ4n) is 1.60. The number of rotatable bonds is 2. The molecule has 2 rings (SSSR count). The van der Waals surface area contributed by atoms with Crippen LogP contribution in [0.15, 0.2) is 0 Å². The highest BCUT2D eigenvalue weighted by atomic mass is 16.7. The number of cyclic esters (lactones) is 1. The lowest BCUT2D eigenvalue weighted by Gasteiger charge is -2.24. The maximum Gasteiger partial charge on any atom is 0.335 e. The average molecular weight is 186 g/mol. The van der Waals surface area contributed by atoms with Gasteiger partial charge in [0.05, 0.1) is 6.61 Å². The first kappa shape index (κ1) is 8.97. The van der Waals surface area contributed by atoms with E-state index in [1.54, 1.807) is 0 Å². The molecule has 0 amide bonds. The summed E-state index contributed by atoms with van der Waals surface area (Å²) in [5, 5.41) is 0. The van der Waals surface area contributed by atoms with Gasteiger partial charge in [0.15, 0.2) is 12.4 Å². The molecule has 0 aliphatic carbocycles. The quantitative estimate of drug-likeness (QED) is 0.599. The second-order valence-electron chi connectivity index (χ2n) is 3.38. The Morgan fingerprint density at radius 3 is 2.77 bits per heavy atom. The number of carbonyl (C=O) groups is 1. The van der Waals surface area contributed by atoms with Crippen LogP contribution >= 0.6 is 0 Å². The molecule has 0 saturated carbocycles. The molecule has 0 unspecified atom stereocenters. The summed E-state index contributed by atoms with van der Waals surface area (Å²) in [4.78, 5) is 11.0. The topological polar surface area (TPSA) is 44.8 Å². The van der Waals surface area contributed by atoms with E-state index in [9.17, 15) is 4.79 Å². The van der Waals surface area contributed by atoms with E-state index in [-0.39, 0.29) is 18.4 Å². The van der Waals surface area contributed by atoms with E-state index >= 15 is 0 Å². The molecule has 0 spiro atoms. The van der Waals surface area contributed by atoms with E-state index in [0.29, 0.717) is 13.0 Å². The highest BCUT2D eigenvalue weighted by molar-refractivity contribution is 5.76. The number of carbonyl (C=O) groups excluding carboxylic acids is 1. The van der Waals surface area contributed by atoms with Crippen LogP contribution in [0.5, 0.6) is 0 Å². The van der Waals surface area contributed by atoms with Crippen molar-refractivity contribution in [1.82, 2.24) is 0 Å². The van der Waals surface area contributed by atoms with Crippen molar-refractivity contribution in [3.8, 4) is 0 Å². The Balaban J connectivity index is 1.79. The maximum atomic E-state index is 11.0. The summed E-state index contributed by atoms with van der Waals surface area (Å²) in [5.74, 6) is -0.242. The zero-order valence-corrected chi connectivity index (χ0v) is 7.53. The van der Waals surface area contributed by atoms with Crippen LogP contribution in [0.3, 0.4) is 0 Å². The molecule has 0 N–H and O–H groups in total. The third-order valence-electron chi connectivity index (χ3n) is 2.34. The van der Waals surface area contributed by atoms with Gasteiger partial charge in [0, 0.05) is 13.0 Å². The molecule has 2 fully saturated rings. The van der Waals surface area contributed by atoms with Crippen molar-refractivity contribution in [2.45, 2.75) is 38.1 Å². The fourth-order valence-corrected chi connectivity index (χ4v) is 1.60. The monoisotopic (exact) mass is 186 g/mol. The molecule has 13 heavy (non-hydrogen) atoms. The second kappa shape index (κ2) is 4.07. The summed E-state index contributed by atoms with van der Waals surface area (Å²) in [5.41, 5.74) is 0. The van der Waals surface area contributed by atoms with Crippen LogP contribution in [0.1, 0.15) is 25.7 Å². The lowest BCUT2D eigenvalue weighted by atomic mass is 10.2. The Bertz CT molecular complexity index is 186. The molecule has 0 radical (unpaired) electrons. The largest absolute Gasteiger partial charge is 0.464 e. The molecule has 2 heterocycles. The van der Waals surface area contributed by atoms with Gasteiger partial charge in [0.25, 0.3) is 0 Å². The van der Waals surface area contributed by atoms with Gasteiger partial charge in [-0.2, -0.15) is 0 Å². The summed E-state index contributed by atoms with van der Waals surface area (Å²) in [6.45, 7) is 1.22. The molecule has 0 bridgehead atoms. The van der Waals surface area contributed by atoms with Gasteiger partial charge < -0.3 is 14.2 Å². The fraction of sp³-hybridized carbons (Fsp3) is 0.889. The zero-order valence-electron chi connectivity index (χ0n) is 7.53. The predicted octanol–water partition coefficient (Wildman–Crippen LogP) is 0.845. The second-order valence-corrected chi connectivity index (χ2v) is 3.38. The van der Waals surface area contributed by atoms with Gasteiger partial charge >= 0.3 is 5.97 Å². The molecule has 2 atom stereocenters. The molecule has 0 aromatic rings. The summed E-state index contributed by atoms with van der Waals surface area (Å²) >= 11 is 0. The van der Waals surface area contributed by atoms with Gasteiger partial charge in [-0.15, -0.1) is 0 Å². The maximum absolute atomic E-state index is 11.0. The Kier molecular flexibility index (Phi) is 2.80. The molecular formula is C9H14O4. The van der Waals surface area contributed by atoms with Crippen molar-refractivity contribution < 1.29 is 19.0 Å². The highest BCUT2D eigenvalue weighted by Crippen LogP contribution is 2.19. The molecule has 0 aromatic carbocycles. The highest BCUT2D eigenvalue weighted by Gasteiger charge is 2.30. The van der Waals surface area contributed by atoms with E-state index in [4.69, 9.17) is 14.2 Å². The van der Waals surface area contributed by atoms with Gasteiger partial charge in [-0.1, -0.05) is 0 Å². The van der Waals surface area contributed by atoms with E-state index in [1.165, 1.54) is 0 Å². The Labute approximate surface area is 77.1 Å². The van der Waals surface area contributed by atoms with Crippen molar-refractivity contribution in [3.63, 3.8) is 0 Å². The Morgan fingerprint density at radius 1 is 1.23 bits per heavy atom. The van der Waals surface area contributed by atoms with Crippen molar-refractivity contribution in [2.24, 2.45) is 0 Å². The smallest absolute Gasteiger partial charge is 0.335 e. The molecule has 2 saturated heterocycles. The lowest BCUT2D eigenvalue weighted by Crippen LogP contribution is -2.30. The van der Waals surface area contributed by atoms with Crippen molar-refractivity contribution in [1.29, 1.82) is 0 Å². The van der Waals surface area contributed by atoms with E-state index < -0.39 is 0 Å². The van der Waals surface area contributed by atoms with Crippen LogP contribution in [-0.2, 0) is 19.0 Å². The van der Waals surface area contributed by atoms with Gasteiger partial charge in [-0.25, -0.2) is 4.79 Å². The van der Waals surface area contributed by atoms with Crippen molar-refractivity contribution in [2.75, 3.05) is 13.2 Å². The summed E-state index contributed by atoms with van der Waals surface area (Å²) in [6.07, 6.45) is 3.19. The number of hydrogen-bond acceptors (Lipinski definition) is 4. The van der Waals surface area contributed by atoms with Crippen LogP contribution in [0, 0.1) is 0 Å². The number of ether oxygens (including phenoxy) is 3. The zero-order chi connectivity index (χ0) is 9.10. The van der Waals surface area contributed by atoms with Gasteiger partial charge in [0.2, 0.25) is 0 Å². The van der Waals surface area contributed by atoms with Gasteiger partial charge in [-0.3, -0.25) is 0 Å². The summed E-state index contributed by atoms with van der Waals surface area (Å²) < 4.78 is 15.6. The van der Waals surface area contributed by atoms with Crippen LogP contribution in [0.2, 0.25) is 0 Å². The first-order valence-electron chi connectivity index (χ1n) is 4.80. The molecule has 4 heteroatoms. The van der Waals surface area contributed by atoms with Crippen molar-refractivity contribution >= 4 is 5.97 Å². The molecule has 4 nitrogen and oxygen atoms in total. The third-order valence-corrected chi connectivity index (χ3v) is 2.34. The van der Waals surface area contributed by atoms with E-state index in [0.717, 1.165) is 25.9 Å². The number of hydrogen-bond donors (Lipinski definition) is 0. The normalized spacial score (nSPS) is 34.6. The van der Waals surface area contributed by atoms with Crippen LogP contribution in [0.25, 0.3) is 0 Å². The lowest BCUT2D eigenvalue weighted by molar-refractivity contribution is -0.193. The summed E-state index contributed by atoms with van der Waals surface area (Å²) in [7, 11) is 0. The average Bonchev–Trinajstić information content (AvgIpc) is 2.54. The van der Waals surface area contributed by atoms with Gasteiger partial charge in [0.1, 0.15) is 0 Å². The minimum Gasteiger partial charge on any atom is -0.464 e. The van der Waals surface area contributed by atoms with E-state index in [2.05, 4.69) is 0 Å². The minimum absolute atomic E-state index is 0.190. The molecule has 2 aliphatic heterocycles. The standard InChI is InChI=1S/C9H14O4/c10-9-7(4-6-12-9)13-8-3-1-2-5-11-8/h7-8H,1-6H2/t7-,8+/m0/s1. The number of esters is 1. The minimum atomic E-state index is -0.386. The van der Waals surface area contributed by atoms with E-state index in [1.807, 2.05) is 0 Å². The Hall–Kier alpha value is -0.610. The van der Waals surface area contributed by atoms with Crippen LogP contribution in [0.4, 0.5) is 0 Å². The van der Waals surface area contributed by atoms with Gasteiger partial charge in [-0.05, 0) is 19.3 Å². The van der Waals surface area contributed by atoms with Crippen molar-refractivity contribution in [3.05, 3.63) is 0 Å². The van der Waals surface area contributed by atoms with Crippen LogP contribution in [-0.4, -0.2) is 31.6 Å². The SMILES string of the molecule is O=C1OCC[C@@H]1O[C@@H]1CCCCO1. The summed E-state index contributed by atoms with van der Waals surface area (Å²) in [6, 6.07) is 0.